The molecule has 4 heterocycles. The van der Waals surface area contributed by atoms with E-state index in [0.717, 1.165) is 88.4 Å². The quantitative estimate of drug-likeness (QED) is 0.172. The van der Waals surface area contributed by atoms with Crippen molar-refractivity contribution in [3.05, 3.63) is 182 Å². The van der Waals surface area contributed by atoms with E-state index in [1.807, 2.05) is 24.5 Å². The number of benzene rings is 6. The van der Waals surface area contributed by atoms with Gasteiger partial charge in [-0.25, -0.2) is 9.97 Å². The lowest BCUT2D eigenvalue weighted by Crippen LogP contribution is -1.90. The summed E-state index contributed by atoms with van der Waals surface area (Å²) in [5.74, 6) is 0. The van der Waals surface area contributed by atoms with Gasteiger partial charge in [-0.15, -0.1) is 0 Å². The first-order valence-corrected chi connectivity index (χ1v) is 17.4. The summed E-state index contributed by atoms with van der Waals surface area (Å²) >= 11 is 0. The molecule has 10 rings (SSSR count). The number of pyridine rings is 4. The SMILES string of the molecule is c1ccc(-c2cccc(-c3ccc4ccc(-c5ccc6ccc(-c7ccc(-c8ccnc9c8ccc8cccnc89)cc7)nc6c5)cc4n3)c2)cc1. The summed E-state index contributed by atoms with van der Waals surface area (Å²) in [7, 11) is 0. The summed E-state index contributed by atoms with van der Waals surface area (Å²) in [5.41, 5.74) is 14.7. The molecule has 0 spiro atoms. The van der Waals surface area contributed by atoms with Crippen molar-refractivity contribution < 1.29 is 0 Å². The van der Waals surface area contributed by atoms with Crippen molar-refractivity contribution in [1.29, 1.82) is 0 Å². The molecular weight excluding hydrogens is 633 g/mol. The van der Waals surface area contributed by atoms with E-state index in [1.54, 1.807) is 0 Å². The molecule has 6 aromatic carbocycles. The van der Waals surface area contributed by atoms with Gasteiger partial charge in [-0.2, -0.15) is 0 Å². The molecule has 0 radical (unpaired) electrons. The predicted octanol–water partition coefficient (Wildman–Crippen LogP) is 12.2. The molecule has 0 fully saturated rings. The lowest BCUT2D eigenvalue weighted by atomic mass is 9.98. The largest absolute Gasteiger partial charge is 0.254 e. The van der Waals surface area contributed by atoms with Crippen LogP contribution >= 0.6 is 0 Å². The van der Waals surface area contributed by atoms with Crippen molar-refractivity contribution >= 4 is 43.6 Å². The fraction of sp³-hybridized carbons (Fsp3) is 0. The first-order chi connectivity index (χ1) is 25.7. The van der Waals surface area contributed by atoms with E-state index in [0.29, 0.717) is 0 Å². The molecule has 4 nitrogen and oxygen atoms in total. The molecule has 52 heavy (non-hydrogen) atoms. The van der Waals surface area contributed by atoms with E-state index >= 15 is 0 Å². The Hall–Kier alpha value is -7.04. The van der Waals surface area contributed by atoms with Crippen LogP contribution in [0.15, 0.2) is 182 Å². The van der Waals surface area contributed by atoms with Crippen LogP contribution in [0.25, 0.3) is 99.5 Å². The molecule has 0 unspecified atom stereocenters. The van der Waals surface area contributed by atoms with Crippen LogP contribution in [-0.4, -0.2) is 19.9 Å². The van der Waals surface area contributed by atoms with Crippen LogP contribution in [0.2, 0.25) is 0 Å². The van der Waals surface area contributed by atoms with Gasteiger partial charge in [-0.1, -0.05) is 127 Å². The molecule has 242 valence electrons. The van der Waals surface area contributed by atoms with Crippen LogP contribution in [0, 0.1) is 0 Å². The third-order valence-electron chi connectivity index (χ3n) is 9.96. The van der Waals surface area contributed by atoms with Crippen LogP contribution in [0.3, 0.4) is 0 Å². The van der Waals surface area contributed by atoms with Gasteiger partial charge >= 0.3 is 0 Å². The Morgan fingerprint density at radius 1 is 0.308 bits per heavy atom. The third kappa shape index (κ3) is 5.34. The highest BCUT2D eigenvalue weighted by atomic mass is 14.7. The Bertz CT molecular complexity index is 2950. The Balaban J connectivity index is 0.962. The van der Waals surface area contributed by atoms with Gasteiger partial charge < -0.3 is 0 Å². The summed E-state index contributed by atoms with van der Waals surface area (Å²) in [6.07, 6.45) is 3.70. The van der Waals surface area contributed by atoms with Crippen molar-refractivity contribution in [3.8, 4) is 55.9 Å². The smallest absolute Gasteiger partial charge is 0.0970 e. The first-order valence-electron chi connectivity index (χ1n) is 17.4. The van der Waals surface area contributed by atoms with Crippen LogP contribution in [-0.2, 0) is 0 Å². The Morgan fingerprint density at radius 3 is 1.63 bits per heavy atom. The van der Waals surface area contributed by atoms with Crippen molar-refractivity contribution in [3.63, 3.8) is 0 Å². The molecule has 0 aliphatic rings. The highest BCUT2D eigenvalue weighted by molar-refractivity contribution is 6.08. The molecular formula is C48H30N4. The number of hydrogen-bond donors (Lipinski definition) is 0. The number of hydrogen-bond acceptors (Lipinski definition) is 4. The minimum absolute atomic E-state index is 0.919. The highest BCUT2D eigenvalue weighted by Gasteiger charge is 2.11. The number of rotatable bonds is 5. The lowest BCUT2D eigenvalue weighted by Gasteiger charge is -2.10. The maximum atomic E-state index is 5.13. The molecule has 0 aliphatic heterocycles. The van der Waals surface area contributed by atoms with E-state index in [9.17, 15) is 0 Å². The van der Waals surface area contributed by atoms with Gasteiger partial charge in [0.25, 0.3) is 0 Å². The summed E-state index contributed by atoms with van der Waals surface area (Å²) in [6.45, 7) is 0. The third-order valence-corrected chi connectivity index (χ3v) is 9.96. The van der Waals surface area contributed by atoms with Gasteiger partial charge in [-0.05, 0) is 75.8 Å². The Labute approximate surface area is 300 Å². The molecule has 0 saturated heterocycles. The van der Waals surface area contributed by atoms with E-state index in [-0.39, 0.29) is 0 Å². The van der Waals surface area contributed by atoms with Crippen molar-refractivity contribution in [2.24, 2.45) is 0 Å². The summed E-state index contributed by atoms with van der Waals surface area (Å²) in [6, 6.07) is 59.6. The minimum Gasteiger partial charge on any atom is -0.254 e. The Morgan fingerprint density at radius 2 is 0.885 bits per heavy atom. The second kappa shape index (κ2) is 12.4. The van der Waals surface area contributed by atoms with Gasteiger partial charge in [0.1, 0.15) is 0 Å². The standard InChI is InChI=1S/C48H30N4/c1-2-6-31(7-3-1)37-8-4-9-40(28-37)44-24-21-35-16-18-39(30-46(35)52-44)38-17-15-34-20-23-43(51-45(34)29-38)33-13-11-32(12-14-33)41-25-27-50-48-42(41)22-19-36-10-5-26-49-47(36)48/h1-30H. The fourth-order valence-electron chi connectivity index (χ4n) is 7.23. The summed E-state index contributed by atoms with van der Waals surface area (Å²) < 4.78 is 0. The predicted molar refractivity (Wildman–Crippen MR) is 215 cm³/mol. The van der Waals surface area contributed by atoms with E-state index in [1.165, 1.54) is 11.1 Å². The van der Waals surface area contributed by atoms with E-state index in [2.05, 4.69) is 168 Å². The van der Waals surface area contributed by atoms with Gasteiger partial charge in [0.15, 0.2) is 0 Å². The second-order valence-electron chi connectivity index (χ2n) is 13.1. The van der Waals surface area contributed by atoms with Crippen molar-refractivity contribution in [2.45, 2.75) is 0 Å². The minimum atomic E-state index is 0.919. The van der Waals surface area contributed by atoms with Crippen LogP contribution < -0.4 is 0 Å². The van der Waals surface area contributed by atoms with Crippen molar-refractivity contribution in [2.75, 3.05) is 0 Å². The zero-order chi connectivity index (χ0) is 34.4. The molecule has 10 aromatic rings. The number of fused-ring (bicyclic) bond motifs is 5. The summed E-state index contributed by atoms with van der Waals surface area (Å²) in [4.78, 5) is 19.6. The van der Waals surface area contributed by atoms with Crippen molar-refractivity contribution in [1.82, 2.24) is 19.9 Å². The molecule has 0 aliphatic carbocycles. The summed E-state index contributed by atoms with van der Waals surface area (Å²) in [5, 5.41) is 4.40. The topological polar surface area (TPSA) is 51.6 Å². The molecule has 0 N–H and O–H groups in total. The van der Waals surface area contributed by atoms with E-state index < -0.39 is 0 Å². The maximum absolute atomic E-state index is 5.13. The number of nitrogens with zero attached hydrogens (tertiary/aromatic N) is 4. The van der Waals surface area contributed by atoms with Crippen LogP contribution in [0.5, 0.6) is 0 Å². The molecule has 0 atom stereocenters. The molecule has 4 aromatic heterocycles. The average molecular weight is 663 g/mol. The lowest BCUT2D eigenvalue weighted by molar-refractivity contribution is 1.37. The molecule has 0 bridgehead atoms. The molecule has 0 saturated carbocycles. The van der Waals surface area contributed by atoms with Crippen LogP contribution in [0.4, 0.5) is 0 Å². The second-order valence-corrected chi connectivity index (χ2v) is 13.1. The van der Waals surface area contributed by atoms with Gasteiger partial charge in [0.2, 0.25) is 0 Å². The zero-order valence-electron chi connectivity index (χ0n) is 28.1. The first kappa shape index (κ1) is 29.8. The van der Waals surface area contributed by atoms with Gasteiger partial charge in [0, 0.05) is 45.1 Å². The monoisotopic (exact) mass is 662 g/mol. The highest BCUT2D eigenvalue weighted by Crippen LogP contribution is 2.34. The normalized spacial score (nSPS) is 11.5. The molecule has 4 heteroatoms. The van der Waals surface area contributed by atoms with E-state index in [4.69, 9.17) is 9.97 Å². The van der Waals surface area contributed by atoms with Crippen LogP contribution in [0.1, 0.15) is 0 Å². The fourth-order valence-corrected chi connectivity index (χ4v) is 7.23. The van der Waals surface area contributed by atoms with Gasteiger partial charge in [0.05, 0.1) is 33.5 Å². The number of aromatic nitrogens is 4. The van der Waals surface area contributed by atoms with Gasteiger partial charge in [-0.3, -0.25) is 9.97 Å². The Kier molecular flexibility index (Phi) is 7.10. The zero-order valence-corrected chi connectivity index (χ0v) is 28.1. The maximum Gasteiger partial charge on any atom is 0.0970 e. The molecule has 0 amide bonds. The average Bonchev–Trinajstić information content (AvgIpc) is 3.23.